The van der Waals surface area contributed by atoms with E-state index in [2.05, 4.69) is 56.1 Å². The van der Waals surface area contributed by atoms with Crippen LogP contribution in [0.25, 0.3) is 44.3 Å². The van der Waals surface area contributed by atoms with Gasteiger partial charge in [0, 0.05) is 119 Å². The zero-order valence-corrected chi connectivity index (χ0v) is 50.0. The molecule has 10 rings (SSSR count). The van der Waals surface area contributed by atoms with Gasteiger partial charge in [0.15, 0.2) is 11.3 Å². The summed E-state index contributed by atoms with van der Waals surface area (Å²) in [6.45, 7) is 7.03. The molecule has 0 saturated carbocycles. The third-order valence-electron chi connectivity index (χ3n) is 13.6. The number of anilines is 6. The normalized spacial score (nSPS) is 13.4. The third kappa shape index (κ3) is 14.7. The van der Waals surface area contributed by atoms with E-state index in [1.54, 1.807) is 73.1 Å². The number of morpholine rings is 1. The van der Waals surface area contributed by atoms with Crippen molar-refractivity contribution in [1.82, 2.24) is 49.2 Å². The first kappa shape index (κ1) is 60.7. The number of likely N-dealkylation sites (N-methyl/N-ethyl adjacent to an activating group) is 2. The van der Waals surface area contributed by atoms with Crippen LogP contribution in [0, 0.1) is 0 Å². The molecule has 6 aromatic heterocycles. The number of fused-ring (bicyclic) bond motifs is 2. The molecule has 0 radical (unpaired) electrons. The van der Waals surface area contributed by atoms with E-state index in [9.17, 15) is 19.2 Å². The summed E-state index contributed by atoms with van der Waals surface area (Å²) in [7, 11) is 10.7. The van der Waals surface area contributed by atoms with Gasteiger partial charge in [-0.3, -0.25) is 19.2 Å². The van der Waals surface area contributed by atoms with Crippen LogP contribution in [0.4, 0.5) is 34.9 Å². The van der Waals surface area contributed by atoms with Crippen LogP contribution < -0.4 is 51.9 Å². The molecule has 2 amide bonds. The number of halogens is 4. The number of carbonyl (C=O) groups is 2. The fraction of sp³-hybridized carbons (Fsp3) is 0.333. The van der Waals surface area contributed by atoms with E-state index in [1.807, 2.05) is 42.9 Å². The van der Waals surface area contributed by atoms with Gasteiger partial charge in [-0.15, -0.1) is 9.46 Å². The van der Waals surface area contributed by atoms with Gasteiger partial charge < -0.3 is 55.3 Å². The van der Waals surface area contributed by atoms with Gasteiger partial charge in [-0.1, -0.05) is 46.4 Å². The van der Waals surface area contributed by atoms with Gasteiger partial charge >= 0.3 is 0 Å². The van der Waals surface area contributed by atoms with E-state index < -0.39 is 17.0 Å². The Morgan fingerprint density at radius 3 is 1.40 bits per heavy atom. The molecule has 0 unspecified atom stereocenters. The smallest absolute Gasteiger partial charge is 0.293 e. The SMILES string of the molecule is COn1c(=O)c(-c2cc(NC(=O)c3cc(Cl)nc(N4CCCCC4)c3)ccc2Cl)cc2cnc(NCCN(C)C)nc21.COn1c(=O)c(-c2cc(NC(=O)c3cc(Cl)nc(N4CCOCC4)c3)ccc2Cl)cc2cnc(NCCN(C)C)nc21. The Hall–Kier alpha value is -7.90. The summed E-state index contributed by atoms with van der Waals surface area (Å²) in [5.74, 6) is 1.28. The first-order valence-corrected chi connectivity index (χ1v) is 28.3. The first-order chi connectivity index (χ1) is 40.5. The molecule has 0 bridgehead atoms. The monoisotopic (exact) mass is 1220 g/mol. The van der Waals surface area contributed by atoms with Gasteiger partial charge in [0.25, 0.3) is 22.9 Å². The number of nitrogens with one attached hydrogen (secondary N) is 4. The van der Waals surface area contributed by atoms with Gasteiger partial charge in [0.05, 0.1) is 24.3 Å². The summed E-state index contributed by atoms with van der Waals surface area (Å²) in [6, 6.07) is 19.6. The van der Waals surface area contributed by atoms with Crippen LogP contribution in [0.5, 0.6) is 0 Å². The minimum absolute atomic E-state index is 0.204. The molecule has 27 heteroatoms. The molecule has 8 aromatic rings. The molecule has 84 heavy (non-hydrogen) atoms. The van der Waals surface area contributed by atoms with Crippen LogP contribution in [-0.4, -0.2) is 169 Å². The molecule has 4 N–H and O–H groups in total. The van der Waals surface area contributed by atoms with Crippen LogP contribution in [0.2, 0.25) is 20.4 Å². The highest BCUT2D eigenvalue weighted by Crippen LogP contribution is 2.33. The molecule has 2 aromatic carbocycles. The lowest BCUT2D eigenvalue weighted by molar-refractivity contribution is 0.101. The van der Waals surface area contributed by atoms with Crippen LogP contribution >= 0.6 is 46.4 Å². The molecule has 2 aliphatic rings. The summed E-state index contributed by atoms with van der Waals surface area (Å²) in [6.07, 6.45) is 6.55. The molecule has 23 nitrogen and oxygen atoms in total. The number of amides is 2. The Labute approximate surface area is 503 Å². The molecule has 440 valence electrons. The second kappa shape index (κ2) is 27.7. The summed E-state index contributed by atoms with van der Waals surface area (Å²) >= 11 is 25.6. The van der Waals surface area contributed by atoms with Crippen molar-refractivity contribution in [3.05, 3.63) is 137 Å². The van der Waals surface area contributed by atoms with Crippen molar-refractivity contribution in [3.8, 4) is 22.3 Å². The van der Waals surface area contributed by atoms with Crippen molar-refractivity contribution in [2.45, 2.75) is 19.3 Å². The maximum atomic E-state index is 13.5. The van der Waals surface area contributed by atoms with Crippen molar-refractivity contribution in [3.63, 3.8) is 0 Å². The summed E-state index contributed by atoms with van der Waals surface area (Å²) in [5.41, 5.74) is 2.64. The first-order valence-electron chi connectivity index (χ1n) is 26.8. The van der Waals surface area contributed by atoms with E-state index in [1.165, 1.54) is 32.8 Å². The predicted octanol–water partition coefficient (Wildman–Crippen LogP) is 7.72. The molecule has 2 saturated heterocycles. The zero-order valence-electron chi connectivity index (χ0n) is 47.0. The average Bonchev–Trinajstić information content (AvgIpc) is 1.84. The highest BCUT2D eigenvalue weighted by molar-refractivity contribution is 6.34. The van der Waals surface area contributed by atoms with Crippen LogP contribution in [0.15, 0.2) is 94.8 Å². The Kier molecular flexibility index (Phi) is 20.0. The highest BCUT2D eigenvalue weighted by Gasteiger charge is 2.22. The predicted molar refractivity (Wildman–Crippen MR) is 331 cm³/mol. The Morgan fingerprint density at radius 1 is 0.560 bits per heavy atom. The molecule has 0 spiro atoms. The molecule has 2 fully saturated rings. The minimum atomic E-state index is -0.468. The molecule has 0 aliphatic carbocycles. The number of piperidine rings is 1. The maximum absolute atomic E-state index is 13.5. The number of aromatic nitrogens is 8. The molecule has 2 aliphatic heterocycles. The lowest BCUT2D eigenvalue weighted by atomic mass is 10.1. The van der Waals surface area contributed by atoms with Gasteiger partial charge in [0.2, 0.25) is 11.9 Å². The lowest BCUT2D eigenvalue weighted by Crippen LogP contribution is -2.36. The lowest BCUT2D eigenvalue weighted by Gasteiger charge is -2.28. The van der Waals surface area contributed by atoms with E-state index in [4.69, 9.17) is 60.8 Å². The Balaban J connectivity index is 0.000000202. The summed E-state index contributed by atoms with van der Waals surface area (Å²) in [5, 5.41) is 14.3. The molecular weight excluding hydrogens is 1160 g/mol. The van der Waals surface area contributed by atoms with Gasteiger partial charge in [-0.25, -0.2) is 19.9 Å². The fourth-order valence-corrected chi connectivity index (χ4v) is 10.2. The minimum Gasteiger partial charge on any atom is -0.412 e. The standard InChI is InChI=1S/C29H32Cl2N8O3.C28H30Cl2N8O4/c1-37(2)12-9-32-29-33-17-19-13-22(28(41)39(42-3)26(19)36-29)21-16-20(7-8-23(21)30)34-27(40)18-14-24(31)35-25(15-18)38-10-5-4-6-11-38;1-36(2)7-6-31-28-32-16-18-12-21(27(40)38(41-3)25(18)35-28)20-15-19(4-5-22(20)29)33-26(39)17-13-23(30)34-24(14-17)37-8-10-42-11-9-37/h7-8,13-17H,4-6,9-12H2,1-3H3,(H,34,40)(H,32,33,36);4-5,12-16H,6-11H2,1-3H3,(H,33,39)(H,31,32,35). The van der Waals surface area contributed by atoms with E-state index in [-0.39, 0.29) is 27.3 Å². The Morgan fingerprint density at radius 2 is 0.988 bits per heavy atom. The second-order valence-corrected chi connectivity index (χ2v) is 21.7. The molecule has 0 atom stereocenters. The van der Waals surface area contributed by atoms with Gasteiger partial charge in [-0.2, -0.15) is 9.97 Å². The van der Waals surface area contributed by atoms with E-state index in [0.717, 1.165) is 48.5 Å². The van der Waals surface area contributed by atoms with Crippen LogP contribution in [-0.2, 0) is 4.74 Å². The number of hydrogen-bond acceptors (Lipinski definition) is 19. The molecular formula is C57H62Cl4N16O7. The Bertz CT molecular complexity index is 3590. The topological polar surface area (TPSA) is 244 Å². The fourth-order valence-electron chi connectivity index (χ4n) is 9.31. The van der Waals surface area contributed by atoms with E-state index >= 15 is 0 Å². The number of ether oxygens (including phenoxy) is 1. The van der Waals surface area contributed by atoms with Crippen molar-refractivity contribution >= 4 is 115 Å². The van der Waals surface area contributed by atoms with Crippen LogP contribution in [0.3, 0.4) is 0 Å². The average molecular weight is 1230 g/mol. The van der Waals surface area contributed by atoms with Crippen LogP contribution in [0.1, 0.15) is 40.0 Å². The van der Waals surface area contributed by atoms with Gasteiger partial charge in [-0.05, 0) is 120 Å². The van der Waals surface area contributed by atoms with Crippen molar-refractivity contribution in [2.24, 2.45) is 0 Å². The third-order valence-corrected chi connectivity index (χ3v) is 14.6. The molecule has 8 heterocycles. The summed E-state index contributed by atoms with van der Waals surface area (Å²) < 4.78 is 7.60. The second-order valence-electron chi connectivity index (χ2n) is 20.1. The number of benzene rings is 2. The van der Waals surface area contributed by atoms with Crippen molar-refractivity contribution < 1.29 is 24.0 Å². The number of nitrogens with zero attached hydrogens (tertiary/aromatic N) is 12. The maximum Gasteiger partial charge on any atom is 0.293 e. The quantitative estimate of drug-likeness (QED) is 0.0601. The largest absolute Gasteiger partial charge is 0.412 e. The summed E-state index contributed by atoms with van der Waals surface area (Å²) in [4.78, 5) is 99.1. The van der Waals surface area contributed by atoms with Crippen molar-refractivity contribution in [1.29, 1.82) is 0 Å². The zero-order chi connectivity index (χ0) is 59.6. The number of carbonyl (C=O) groups excluding carboxylic acids is 2. The van der Waals surface area contributed by atoms with Gasteiger partial charge in [0.1, 0.15) is 36.2 Å². The number of pyridine rings is 4. The van der Waals surface area contributed by atoms with Crippen molar-refractivity contribution in [2.75, 3.05) is 139 Å². The van der Waals surface area contributed by atoms with E-state index in [0.29, 0.717) is 129 Å². The number of rotatable bonds is 18. The number of hydrogen-bond donors (Lipinski definition) is 4. The highest BCUT2D eigenvalue weighted by atomic mass is 35.5.